The van der Waals surface area contributed by atoms with Crippen LogP contribution in [0.15, 0.2) is 47.1 Å². The Morgan fingerprint density at radius 1 is 1.19 bits per heavy atom. The third-order valence-electron chi connectivity index (χ3n) is 2.32. The maximum absolute atomic E-state index is 12.0. The second kappa shape index (κ2) is 6.13. The lowest BCUT2D eigenvalue weighted by atomic mass is 10.3. The van der Waals surface area contributed by atoms with Crippen molar-refractivity contribution in [3.05, 3.63) is 52.8 Å². The van der Waals surface area contributed by atoms with Gasteiger partial charge in [-0.2, -0.15) is 0 Å². The maximum atomic E-state index is 12.0. The molecule has 2 rings (SSSR count). The van der Waals surface area contributed by atoms with Gasteiger partial charge in [0, 0.05) is 16.4 Å². The Hall–Kier alpha value is -2.09. The molecule has 0 atom stereocenters. The molecule has 0 unspecified atom stereocenters. The predicted octanol–water partition coefficient (Wildman–Crippen LogP) is 4.00. The molecule has 1 aromatic heterocycles. The van der Waals surface area contributed by atoms with E-state index in [4.69, 9.17) is 0 Å². The Morgan fingerprint density at radius 2 is 1.86 bits per heavy atom. The van der Waals surface area contributed by atoms with Gasteiger partial charge in [-0.25, -0.2) is 4.98 Å². The van der Waals surface area contributed by atoms with Crippen LogP contribution in [-0.2, 0) is 0 Å². The minimum atomic E-state index is -4.75. The lowest BCUT2D eigenvalue weighted by Crippen LogP contribution is -2.17. The van der Waals surface area contributed by atoms with Gasteiger partial charge in [0.05, 0.1) is 0 Å². The summed E-state index contributed by atoms with van der Waals surface area (Å²) < 4.78 is 40.3. The highest BCUT2D eigenvalue weighted by Gasteiger charge is 2.30. The van der Waals surface area contributed by atoms with Crippen molar-refractivity contribution in [2.75, 3.05) is 5.32 Å². The van der Waals surface area contributed by atoms with Crippen molar-refractivity contribution in [2.45, 2.75) is 6.36 Å². The highest BCUT2D eigenvalue weighted by atomic mass is 79.9. The van der Waals surface area contributed by atoms with Crippen LogP contribution in [0.1, 0.15) is 10.5 Å². The zero-order chi connectivity index (χ0) is 15.5. The van der Waals surface area contributed by atoms with Crippen LogP contribution in [0.25, 0.3) is 0 Å². The zero-order valence-electron chi connectivity index (χ0n) is 10.3. The monoisotopic (exact) mass is 360 g/mol. The molecular formula is C13H8BrF3N2O2. The molecule has 0 saturated heterocycles. The number of amides is 1. The second-order valence-electron chi connectivity index (χ2n) is 3.86. The molecular weight excluding hydrogens is 353 g/mol. The average molecular weight is 361 g/mol. The fourth-order valence-electron chi connectivity index (χ4n) is 1.48. The number of nitrogens with one attached hydrogen (secondary N) is 1. The number of hydrogen-bond acceptors (Lipinski definition) is 3. The molecule has 110 valence electrons. The lowest BCUT2D eigenvalue weighted by molar-refractivity contribution is -0.274. The number of carbonyl (C=O) groups excluding carboxylic acids is 1. The standard InChI is InChI=1S/C13H8BrF3N2O2/c14-10-2-1-7-18-11(10)12(20)19-8-3-5-9(6-4-8)21-13(15,16)17/h1-7H,(H,19,20). The smallest absolute Gasteiger partial charge is 0.406 e. The quantitative estimate of drug-likeness (QED) is 0.899. The first-order valence-corrected chi connectivity index (χ1v) is 6.42. The van der Waals surface area contributed by atoms with Gasteiger partial charge in [-0.3, -0.25) is 4.79 Å². The van der Waals surface area contributed by atoms with Crippen LogP contribution in [0.4, 0.5) is 18.9 Å². The predicted molar refractivity (Wildman–Crippen MR) is 73.0 cm³/mol. The van der Waals surface area contributed by atoms with Crippen molar-refractivity contribution in [3.8, 4) is 5.75 Å². The summed E-state index contributed by atoms with van der Waals surface area (Å²) in [7, 11) is 0. The Balaban J connectivity index is 2.07. The van der Waals surface area contributed by atoms with Crippen molar-refractivity contribution >= 4 is 27.5 Å². The van der Waals surface area contributed by atoms with E-state index in [0.29, 0.717) is 10.2 Å². The van der Waals surface area contributed by atoms with Crippen molar-refractivity contribution in [1.82, 2.24) is 4.98 Å². The Morgan fingerprint density at radius 3 is 2.43 bits per heavy atom. The summed E-state index contributed by atoms with van der Waals surface area (Å²) in [6.07, 6.45) is -3.29. The molecule has 2 aromatic rings. The molecule has 0 saturated carbocycles. The minimum Gasteiger partial charge on any atom is -0.406 e. The minimum absolute atomic E-state index is 0.174. The number of benzene rings is 1. The molecule has 1 aromatic carbocycles. The molecule has 0 aliphatic carbocycles. The van der Waals surface area contributed by atoms with Gasteiger partial charge in [-0.05, 0) is 52.3 Å². The number of rotatable bonds is 3. The van der Waals surface area contributed by atoms with Gasteiger partial charge < -0.3 is 10.1 Å². The lowest BCUT2D eigenvalue weighted by Gasteiger charge is -2.10. The molecule has 1 heterocycles. The molecule has 8 heteroatoms. The van der Waals surface area contributed by atoms with Gasteiger partial charge in [0.1, 0.15) is 11.4 Å². The number of halogens is 4. The average Bonchev–Trinajstić information content (AvgIpc) is 2.40. The van der Waals surface area contributed by atoms with Crippen LogP contribution in [0.2, 0.25) is 0 Å². The van der Waals surface area contributed by atoms with Crippen molar-refractivity contribution < 1.29 is 22.7 Å². The van der Waals surface area contributed by atoms with E-state index in [0.717, 1.165) is 12.1 Å². The zero-order valence-corrected chi connectivity index (χ0v) is 11.9. The Bertz CT molecular complexity index is 645. The van der Waals surface area contributed by atoms with E-state index in [1.54, 1.807) is 12.1 Å². The van der Waals surface area contributed by atoms with E-state index >= 15 is 0 Å². The highest BCUT2D eigenvalue weighted by Crippen LogP contribution is 2.24. The first-order valence-electron chi connectivity index (χ1n) is 5.63. The van der Waals surface area contributed by atoms with Gasteiger partial charge >= 0.3 is 6.36 Å². The van der Waals surface area contributed by atoms with Gasteiger partial charge in [-0.1, -0.05) is 0 Å². The SMILES string of the molecule is O=C(Nc1ccc(OC(F)(F)F)cc1)c1ncccc1Br. The first kappa shape index (κ1) is 15.3. The summed E-state index contributed by atoms with van der Waals surface area (Å²) in [5.41, 5.74) is 0.500. The van der Waals surface area contributed by atoms with Crippen LogP contribution in [0.3, 0.4) is 0 Å². The summed E-state index contributed by atoms with van der Waals surface area (Å²) in [5, 5.41) is 2.52. The Labute approximate surface area is 126 Å². The van der Waals surface area contributed by atoms with Crippen LogP contribution >= 0.6 is 15.9 Å². The van der Waals surface area contributed by atoms with E-state index in [9.17, 15) is 18.0 Å². The fourth-order valence-corrected chi connectivity index (χ4v) is 1.92. The number of anilines is 1. The fraction of sp³-hybridized carbons (Fsp3) is 0.0769. The number of ether oxygens (including phenoxy) is 1. The molecule has 1 amide bonds. The van der Waals surface area contributed by atoms with Gasteiger partial charge in [0.25, 0.3) is 5.91 Å². The van der Waals surface area contributed by atoms with Crippen LogP contribution < -0.4 is 10.1 Å². The molecule has 0 aliphatic heterocycles. The third-order valence-corrected chi connectivity index (χ3v) is 2.96. The van der Waals surface area contributed by atoms with Crippen molar-refractivity contribution in [2.24, 2.45) is 0 Å². The topological polar surface area (TPSA) is 51.2 Å². The van der Waals surface area contributed by atoms with Crippen molar-refractivity contribution in [3.63, 3.8) is 0 Å². The molecule has 1 N–H and O–H groups in total. The molecule has 0 aliphatic rings. The summed E-state index contributed by atoms with van der Waals surface area (Å²) in [6.45, 7) is 0. The van der Waals surface area contributed by atoms with Gasteiger partial charge in [-0.15, -0.1) is 13.2 Å². The van der Waals surface area contributed by atoms with Crippen LogP contribution in [0, 0.1) is 0 Å². The number of carbonyl (C=O) groups is 1. The summed E-state index contributed by atoms with van der Waals surface area (Å²) in [6, 6.07) is 8.13. The van der Waals surface area contributed by atoms with Crippen LogP contribution in [-0.4, -0.2) is 17.3 Å². The van der Waals surface area contributed by atoms with E-state index in [1.807, 2.05) is 0 Å². The highest BCUT2D eigenvalue weighted by molar-refractivity contribution is 9.10. The normalized spacial score (nSPS) is 11.0. The van der Waals surface area contributed by atoms with E-state index < -0.39 is 12.3 Å². The molecule has 0 bridgehead atoms. The van der Waals surface area contributed by atoms with E-state index in [2.05, 4.69) is 31.0 Å². The molecule has 0 radical (unpaired) electrons. The van der Waals surface area contributed by atoms with Gasteiger partial charge in [0.2, 0.25) is 0 Å². The number of pyridine rings is 1. The first-order chi connectivity index (χ1) is 9.85. The number of aromatic nitrogens is 1. The summed E-state index contributed by atoms with van der Waals surface area (Å²) >= 11 is 3.19. The van der Waals surface area contributed by atoms with E-state index in [-0.39, 0.29) is 11.4 Å². The molecule has 21 heavy (non-hydrogen) atoms. The van der Waals surface area contributed by atoms with E-state index in [1.165, 1.54) is 18.3 Å². The van der Waals surface area contributed by atoms with Crippen LogP contribution in [0.5, 0.6) is 5.75 Å². The molecule has 0 fully saturated rings. The number of nitrogens with zero attached hydrogens (tertiary/aromatic N) is 1. The second-order valence-corrected chi connectivity index (χ2v) is 4.71. The molecule has 4 nitrogen and oxygen atoms in total. The molecule has 0 spiro atoms. The largest absolute Gasteiger partial charge is 0.573 e. The number of alkyl halides is 3. The summed E-state index contributed by atoms with van der Waals surface area (Å²) in [4.78, 5) is 15.8. The third kappa shape index (κ3) is 4.45. The Kier molecular flexibility index (Phi) is 4.46. The van der Waals surface area contributed by atoms with Gasteiger partial charge in [0.15, 0.2) is 0 Å². The maximum Gasteiger partial charge on any atom is 0.573 e. The van der Waals surface area contributed by atoms with Crippen molar-refractivity contribution in [1.29, 1.82) is 0 Å². The number of hydrogen-bond donors (Lipinski definition) is 1. The summed E-state index contributed by atoms with van der Waals surface area (Å²) in [5.74, 6) is -0.841.